The van der Waals surface area contributed by atoms with Gasteiger partial charge in [0.15, 0.2) is 0 Å². The summed E-state index contributed by atoms with van der Waals surface area (Å²) in [4.78, 5) is 14.8. The molecule has 0 saturated heterocycles. The lowest BCUT2D eigenvalue weighted by molar-refractivity contribution is -0.383. The lowest BCUT2D eigenvalue weighted by Crippen LogP contribution is -1.96. The summed E-state index contributed by atoms with van der Waals surface area (Å²) in [5, 5.41) is 11.6. The van der Waals surface area contributed by atoms with Crippen LogP contribution in [0.5, 0.6) is 0 Å². The SMILES string of the molecule is O=[N+]([O-])c1c(C(Br)Br)ccc2ncccc12. The van der Waals surface area contributed by atoms with Crippen molar-refractivity contribution in [2.24, 2.45) is 0 Å². The number of rotatable bonds is 2. The predicted octanol–water partition coefficient (Wildman–Crippen LogP) is 3.93. The van der Waals surface area contributed by atoms with Gasteiger partial charge in [-0.15, -0.1) is 0 Å². The Morgan fingerprint density at radius 3 is 2.69 bits per heavy atom. The van der Waals surface area contributed by atoms with Crippen LogP contribution >= 0.6 is 31.9 Å². The van der Waals surface area contributed by atoms with Crippen molar-refractivity contribution in [2.45, 2.75) is 3.74 Å². The van der Waals surface area contributed by atoms with Gasteiger partial charge < -0.3 is 0 Å². The van der Waals surface area contributed by atoms with Gasteiger partial charge in [-0.2, -0.15) is 0 Å². The highest BCUT2D eigenvalue weighted by molar-refractivity contribution is 9.24. The first-order valence-electron chi connectivity index (χ1n) is 4.41. The molecule has 2 aromatic rings. The topological polar surface area (TPSA) is 56.0 Å². The van der Waals surface area contributed by atoms with Gasteiger partial charge in [0, 0.05) is 6.20 Å². The number of nitrogens with zero attached hydrogens (tertiary/aromatic N) is 2. The largest absolute Gasteiger partial charge is 0.283 e. The average molecular weight is 346 g/mol. The third-order valence-electron chi connectivity index (χ3n) is 2.21. The molecule has 0 saturated carbocycles. The summed E-state index contributed by atoms with van der Waals surface area (Å²) >= 11 is 6.56. The fourth-order valence-electron chi connectivity index (χ4n) is 1.53. The molecular weight excluding hydrogens is 340 g/mol. The Balaban J connectivity index is 2.84. The molecule has 1 heterocycles. The van der Waals surface area contributed by atoms with E-state index in [4.69, 9.17) is 0 Å². The summed E-state index contributed by atoms with van der Waals surface area (Å²) in [5.41, 5.74) is 1.30. The molecule has 0 aliphatic carbocycles. The molecule has 82 valence electrons. The fourth-order valence-corrected chi connectivity index (χ4v) is 2.27. The van der Waals surface area contributed by atoms with Crippen molar-refractivity contribution in [1.29, 1.82) is 0 Å². The highest BCUT2D eigenvalue weighted by atomic mass is 79.9. The number of nitro groups is 1. The molecule has 1 aromatic carbocycles. The Morgan fingerprint density at radius 2 is 2.06 bits per heavy atom. The molecule has 0 unspecified atom stereocenters. The van der Waals surface area contributed by atoms with E-state index in [0.29, 0.717) is 16.5 Å². The van der Waals surface area contributed by atoms with Crippen molar-refractivity contribution in [3.8, 4) is 0 Å². The van der Waals surface area contributed by atoms with Crippen LogP contribution in [0.4, 0.5) is 5.69 Å². The van der Waals surface area contributed by atoms with Gasteiger partial charge in [-0.05, 0) is 24.3 Å². The van der Waals surface area contributed by atoms with Gasteiger partial charge in [0.25, 0.3) is 5.69 Å². The summed E-state index contributed by atoms with van der Waals surface area (Å²) in [5.74, 6) is 0. The molecule has 0 N–H and O–H groups in total. The first kappa shape index (κ1) is 11.5. The average Bonchev–Trinajstić information content (AvgIpc) is 2.27. The Kier molecular flexibility index (Phi) is 3.20. The van der Waals surface area contributed by atoms with Gasteiger partial charge in [0.05, 0.1) is 21.4 Å². The Bertz CT molecular complexity index is 558. The summed E-state index contributed by atoms with van der Waals surface area (Å²) in [6.45, 7) is 0. The van der Waals surface area contributed by atoms with Gasteiger partial charge in [-0.1, -0.05) is 31.9 Å². The number of fused-ring (bicyclic) bond motifs is 1. The number of hydrogen-bond donors (Lipinski definition) is 0. The Morgan fingerprint density at radius 1 is 1.31 bits per heavy atom. The quantitative estimate of drug-likeness (QED) is 0.470. The van der Waals surface area contributed by atoms with E-state index in [1.165, 1.54) is 0 Å². The van der Waals surface area contributed by atoms with Crippen LogP contribution in [0.3, 0.4) is 0 Å². The fraction of sp³-hybridized carbons (Fsp3) is 0.100. The zero-order chi connectivity index (χ0) is 11.7. The minimum Gasteiger partial charge on any atom is -0.258 e. The molecule has 0 spiro atoms. The molecule has 16 heavy (non-hydrogen) atoms. The highest BCUT2D eigenvalue weighted by Gasteiger charge is 2.21. The van der Waals surface area contributed by atoms with E-state index in [1.807, 2.05) is 0 Å². The second kappa shape index (κ2) is 4.47. The van der Waals surface area contributed by atoms with Crippen LogP contribution < -0.4 is 0 Å². The van der Waals surface area contributed by atoms with Crippen molar-refractivity contribution in [2.75, 3.05) is 0 Å². The van der Waals surface area contributed by atoms with E-state index in [0.717, 1.165) is 0 Å². The number of alkyl halides is 2. The van der Waals surface area contributed by atoms with Crippen molar-refractivity contribution < 1.29 is 4.92 Å². The molecule has 6 heteroatoms. The molecule has 0 atom stereocenters. The third kappa shape index (κ3) is 1.94. The molecule has 0 aliphatic rings. The number of halogens is 2. The van der Waals surface area contributed by atoms with E-state index in [9.17, 15) is 10.1 Å². The number of pyridine rings is 1. The van der Waals surface area contributed by atoms with Gasteiger partial charge in [-0.25, -0.2) is 0 Å². The van der Waals surface area contributed by atoms with Crippen molar-refractivity contribution in [1.82, 2.24) is 4.98 Å². The van der Waals surface area contributed by atoms with Gasteiger partial charge in [0.1, 0.15) is 3.74 Å². The number of benzene rings is 1. The monoisotopic (exact) mass is 344 g/mol. The minimum absolute atomic E-state index is 0.0874. The molecule has 0 bridgehead atoms. The summed E-state index contributed by atoms with van der Waals surface area (Å²) in [7, 11) is 0. The zero-order valence-corrected chi connectivity index (χ0v) is 11.1. The maximum absolute atomic E-state index is 11.1. The first-order valence-corrected chi connectivity index (χ1v) is 6.24. The summed E-state index contributed by atoms with van der Waals surface area (Å²) in [6.07, 6.45) is 1.62. The Labute approximate surface area is 108 Å². The van der Waals surface area contributed by atoms with Crippen molar-refractivity contribution >= 4 is 48.5 Å². The molecule has 0 aliphatic heterocycles. The van der Waals surface area contributed by atoms with Crippen LogP contribution in [0.2, 0.25) is 0 Å². The van der Waals surface area contributed by atoms with E-state index < -0.39 is 0 Å². The molecule has 2 rings (SSSR count). The standard InChI is InChI=1S/C10H6Br2N2O2/c11-10(12)7-3-4-8-6(2-1-5-13-8)9(7)14(15)16/h1-5,10H. The normalized spacial score (nSPS) is 10.9. The van der Waals surface area contributed by atoms with E-state index >= 15 is 0 Å². The maximum atomic E-state index is 11.1. The van der Waals surface area contributed by atoms with E-state index in [-0.39, 0.29) is 14.3 Å². The second-order valence-corrected chi connectivity index (χ2v) is 6.19. The van der Waals surface area contributed by atoms with Crippen LogP contribution in [0.15, 0.2) is 30.5 Å². The minimum atomic E-state index is -0.380. The van der Waals surface area contributed by atoms with Gasteiger partial charge in [-0.3, -0.25) is 15.1 Å². The molecule has 0 radical (unpaired) electrons. The number of nitro benzene ring substituents is 1. The summed E-state index contributed by atoms with van der Waals surface area (Å²) < 4.78 is -0.245. The van der Waals surface area contributed by atoms with E-state index in [1.54, 1.807) is 30.5 Å². The number of aromatic nitrogens is 1. The van der Waals surface area contributed by atoms with Crippen LogP contribution in [0.1, 0.15) is 9.30 Å². The van der Waals surface area contributed by atoms with Crippen LogP contribution in [-0.2, 0) is 0 Å². The van der Waals surface area contributed by atoms with Crippen LogP contribution in [0, 0.1) is 10.1 Å². The van der Waals surface area contributed by atoms with Gasteiger partial charge in [0.2, 0.25) is 0 Å². The molecule has 4 nitrogen and oxygen atoms in total. The molecule has 1 aromatic heterocycles. The lowest BCUT2D eigenvalue weighted by Gasteiger charge is -2.06. The van der Waals surface area contributed by atoms with Crippen molar-refractivity contribution in [3.63, 3.8) is 0 Å². The highest BCUT2D eigenvalue weighted by Crippen LogP contribution is 2.39. The second-order valence-electron chi connectivity index (χ2n) is 3.13. The number of hydrogen-bond acceptors (Lipinski definition) is 3. The smallest absolute Gasteiger partial charge is 0.258 e. The summed E-state index contributed by atoms with van der Waals surface area (Å²) in [6, 6.07) is 6.86. The van der Waals surface area contributed by atoms with Gasteiger partial charge >= 0.3 is 0 Å². The van der Waals surface area contributed by atoms with Crippen LogP contribution in [-0.4, -0.2) is 9.91 Å². The lowest BCUT2D eigenvalue weighted by atomic mass is 10.1. The Hall–Kier alpha value is -1.01. The maximum Gasteiger partial charge on any atom is 0.283 e. The zero-order valence-electron chi connectivity index (χ0n) is 7.93. The van der Waals surface area contributed by atoms with E-state index in [2.05, 4.69) is 36.8 Å². The van der Waals surface area contributed by atoms with Crippen molar-refractivity contribution in [3.05, 3.63) is 46.1 Å². The molecular formula is C10H6Br2N2O2. The third-order valence-corrected chi connectivity index (χ3v) is 3.19. The van der Waals surface area contributed by atoms with Crippen LogP contribution in [0.25, 0.3) is 10.9 Å². The first-order chi connectivity index (χ1) is 7.61. The predicted molar refractivity (Wildman–Crippen MR) is 69.0 cm³/mol. The molecule has 0 fully saturated rings. The molecule has 0 amide bonds.